The molecule has 0 saturated heterocycles. The highest BCUT2D eigenvalue weighted by Gasteiger charge is 2.29. The van der Waals surface area contributed by atoms with Crippen molar-refractivity contribution in [3.05, 3.63) is 23.8 Å². The molecule has 3 N–H and O–H groups in total. The summed E-state index contributed by atoms with van der Waals surface area (Å²) in [5.74, 6) is -0.981. The number of hydrogen-bond acceptors (Lipinski definition) is 3. The molecule has 1 aromatic carbocycles. The monoisotopic (exact) mass is 262 g/mol. The lowest BCUT2D eigenvalue weighted by molar-refractivity contribution is -0.137. The van der Waals surface area contributed by atoms with Crippen molar-refractivity contribution in [2.75, 3.05) is 10.6 Å². The van der Waals surface area contributed by atoms with E-state index < -0.39 is 17.4 Å². The molecule has 0 radical (unpaired) electrons. The molecule has 0 saturated carbocycles. The molecule has 1 aliphatic heterocycles. The molecule has 1 aromatic rings. The van der Waals surface area contributed by atoms with Gasteiger partial charge in [0.2, 0.25) is 5.91 Å². The fraction of sp³-hybridized carbons (Fsp3) is 0.429. The van der Waals surface area contributed by atoms with E-state index in [1.54, 1.807) is 6.07 Å². The Labute approximate surface area is 112 Å². The summed E-state index contributed by atoms with van der Waals surface area (Å²) in [5, 5.41) is 14.8. The van der Waals surface area contributed by atoms with Crippen LogP contribution in [-0.2, 0) is 16.0 Å². The number of hydrogen-bond donors (Lipinski definition) is 3. The van der Waals surface area contributed by atoms with Crippen LogP contribution in [-0.4, -0.2) is 23.0 Å². The topological polar surface area (TPSA) is 78.4 Å². The highest BCUT2D eigenvalue weighted by molar-refractivity contribution is 5.99. The largest absolute Gasteiger partial charge is 0.480 e. The van der Waals surface area contributed by atoms with Crippen molar-refractivity contribution in [1.82, 2.24) is 0 Å². The molecular weight excluding hydrogens is 244 g/mol. The Hall–Kier alpha value is -2.04. The van der Waals surface area contributed by atoms with Crippen LogP contribution >= 0.6 is 0 Å². The van der Waals surface area contributed by atoms with Gasteiger partial charge in [0.15, 0.2) is 0 Å². The number of rotatable bonds is 2. The quantitative estimate of drug-likeness (QED) is 0.762. The summed E-state index contributed by atoms with van der Waals surface area (Å²) in [4.78, 5) is 23.0. The van der Waals surface area contributed by atoms with Crippen molar-refractivity contribution < 1.29 is 14.7 Å². The van der Waals surface area contributed by atoms with Gasteiger partial charge in [0.05, 0.1) is 11.4 Å². The molecular formula is C14H18N2O3. The molecule has 1 aliphatic rings. The fourth-order valence-electron chi connectivity index (χ4n) is 1.95. The predicted molar refractivity (Wildman–Crippen MR) is 73.3 cm³/mol. The molecule has 1 unspecified atom stereocenters. The van der Waals surface area contributed by atoms with Gasteiger partial charge in [0, 0.05) is 11.8 Å². The second-order valence-corrected chi connectivity index (χ2v) is 5.78. The van der Waals surface area contributed by atoms with Crippen molar-refractivity contribution in [2.24, 2.45) is 5.41 Å². The van der Waals surface area contributed by atoms with Gasteiger partial charge < -0.3 is 15.7 Å². The summed E-state index contributed by atoms with van der Waals surface area (Å²) in [5.41, 5.74) is 1.78. The van der Waals surface area contributed by atoms with Crippen molar-refractivity contribution in [1.29, 1.82) is 0 Å². The molecule has 0 spiro atoms. The summed E-state index contributed by atoms with van der Waals surface area (Å²) >= 11 is 0. The third-order valence-corrected chi connectivity index (χ3v) is 3.12. The first kappa shape index (κ1) is 13.4. The van der Waals surface area contributed by atoms with Gasteiger partial charge in [-0.1, -0.05) is 32.9 Å². The molecule has 0 aromatic heterocycles. The molecule has 1 atom stereocenters. The lowest BCUT2D eigenvalue weighted by Crippen LogP contribution is -2.29. The maximum Gasteiger partial charge on any atom is 0.326 e. The van der Waals surface area contributed by atoms with E-state index in [9.17, 15) is 9.59 Å². The number of amides is 1. The maximum absolute atomic E-state index is 12.0. The van der Waals surface area contributed by atoms with E-state index in [1.165, 1.54) is 0 Å². The van der Waals surface area contributed by atoms with Crippen LogP contribution in [0.1, 0.15) is 26.3 Å². The molecule has 0 bridgehead atoms. The third kappa shape index (κ3) is 2.70. The molecule has 1 heterocycles. The van der Waals surface area contributed by atoms with Crippen molar-refractivity contribution in [2.45, 2.75) is 33.2 Å². The summed E-state index contributed by atoms with van der Waals surface area (Å²) in [6.45, 7) is 5.50. The number of carbonyl (C=O) groups excluding carboxylic acids is 1. The SMILES string of the molecule is CC(C)(C)C(=O)Nc1cccc2c1NC(C(=O)O)C2. The standard InChI is InChI=1S/C14H18N2O3/c1-14(2,3)13(19)16-9-6-4-5-8-7-10(12(17)18)15-11(8)9/h4-6,10,15H,7H2,1-3H3,(H,16,19)(H,17,18). The second kappa shape index (κ2) is 4.57. The smallest absolute Gasteiger partial charge is 0.326 e. The molecule has 5 nitrogen and oxygen atoms in total. The van der Waals surface area contributed by atoms with E-state index >= 15 is 0 Å². The van der Waals surface area contributed by atoms with Gasteiger partial charge in [-0.05, 0) is 11.6 Å². The molecule has 0 fully saturated rings. The van der Waals surface area contributed by atoms with Crippen LogP contribution in [0.2, 0.25) is 0 Å². The van der Waals surface area contributed by atoms with E-state index in [4.69, 9.17) is 5.11 Å². The van der Waals surface area contributed by atoms with E-state index in [2.05, 4.69) is 10.6 Å². The third-order valence-electron chi connectivity index (χ3n) is 3.12. The van der Waals surface area contributed by atoms with E-state index in [0.29, 0.717) is 17.8 Å². The average molecular weight is 262 g/mol. The van der Waals surface area contributed by atoms with Gasteiger partial charge in [0.1, 0.15) is 6.04 Å². The van der Waals surface area contributed by atoms with Gasteiger partial charge in [0.25, 0.3) is 0 Å². The minimum Gasteiger partial charge on any atom is -0.480 e. The van der Waals surface area contributed by atoms with Crippen LogP contribution in [0.15, 0.2) is 18.2 Å². The number of para-hydroxylation sites is 1. The van der Waals surface area contributed by atoms with E-state index in [1.807, 2.05) is 32.9 Å². The summed E-state index contributed by atoms with van der Waals surface area (Å²) in [6, 6.07) is 4.85. The summed E-state index contributed by atoms with van der Waals surface area (Å²) in [7, 11) is 0. The van der Waals surface area contributed by atoms with Crippen molar-refractivity contribution in [3.63, 3.8) is 0 Å². The highest BCUT2D eigenvalue weighted by Crippen LogP contribution is 2.34. The lowest BCUT2D eigenvalue weighted by Gasteiger charge is -2.19. The Morgan fingerprint density at radius 3 is 2.63 bits per heavy atom. The molecule has 0 aliphatic carbocycles. The number of nitrogens with one attached hydrogen (secondary N) is 2. The second-order valence-electron chi connectivity index (χ2n) is 5.78. The Kier molecular flexibility index (Phi) is 3.22. The highest BCUT2D eigenvalue weighted by atomic mass is 16.4. The average Bonchev–Trinajstić information content (AvgIpc) is 2.72. The van der Waals surface area contributed by atoms with Crippen molar-refractivity contribution >= 4 is 23.3 Å². The van der Waals surface area contributed by atoms with Crippen LogP contribution in [0.3, 0.4) is 0 Å². The number of benzene rings is 1. The first-order chi connectivity index (χ1) is 8.79. The van der Waals surface area contributed by atoms with Crippen molar-refractivity contribution in [3.8, 4) is 0 Å². The van der Waals surface area contributed by atoms with Gasteiger partial charge in [-0.2, -0.15) is 0 Å². The Morgan fingerprint density at radius 1 is 1.37 bits per heavy atom. The Bertz CT molecular complexity index is 532. The number of anilines is 2. The summed E-state index contributed by atoms with van der Waals surface area (Å²) < 4.78 is 0. The minimum absolute atomic E-state index is 0.0959. The van der Waals surface area contributed by atoms with E-state index in [0.717, 1.165) is 5.56 Å². The number of aliphatic carboxylic acids is 1. The minimum atomic E-state index is -0.885. The maximum atomic E-state index is 12.0. The number of carboxylic acid groups (broad SMARTS) is 1. The molecule has 19 heavy (non-hydrogen) atoms. The van der Waals surface area contributed by atoms with E-state index in [-0.39, 0.29) is 5.91 Å². The first-order valence-electron chi connectivity index (χ1n) is 6.22. The Morgan fingerprint density at radius 2 is 2.05 bits per heavy atom. The zero-order chi connectivity index (χ0) is 14.2. The number of fused-ring (bicyclic) bond motifs is 1. The van der Waals surface area contributed by atoms with Crippen LogP contribution in [0.5, 0.6) is 0 Å². The molecule has 5 heteroatoms. The Balaban J connectivity index is 2.25. The van der Waals surface area contributed by atoms with Crippen LogP contribution in [0, 0.1) is 5.41 Å². The zero-order valence-corrected chi connectivity index (χ0v) is 11.3. The number of carbonyl (C=O) groups is 2. The summed E-state index contributed by atoms with van der Waals surface area (Å²) in [6.07, 6.45) is 0.434. The predicted octanol–water partition coefficient (Wildman–Crippen LogP) is 2.09. The lowest BCUT2D eigenvalue weighted by atomic mass is 9.95. The van der Waals surface area contributed by atoms with Gasteiger partial charge in [-0.15, -0.1) is 0 Å². The van der Waals surface area contributed by atoms with Gasteiger partial charge >= 0.3 is 5.97 Å². The first-order valence-corrected chi connectivity index (χ1v) is 6.22. The zero-order valence-electron chi connectivity index (χ0n) is 11.3. The molecule has 1 amide bonds. The van der Waals surface area contributed by atoms with Crippen LogP contribution < -0.4 is 10.6 Å². The fourth-order valence-corrected chi connectivity index (χ4v) is 1.95. The normalized spacial score (nSPS) is 17.5. The molecule has 102 valence electrons. The van der Waals surface area contributed by atoms with Crippen LogP contribution in [0.25, 0.3) is 0 Å². The number of carboxylic acids is 1. The van der Waals surface area contributed by atoms with Crippen LogP contribution in [0.4, 0.5) is 11.4 Å². The molecule has 2 rings (SSSR count). The van der Waals surface area contributed by atoms with Gasteiger partial charge in [-0.3, -0.25) is 4.79 Å². The van der Waals surface area contributed by atoms with Gasteiger partial charge in [-0.25, -0.2) is 4.79 Å².